The van der Waals surface area contributed by atoms with Gasteiger partial charge in [0, 0.05) is 6.07 Å². The summed E-state index contributed by atoms with van der Waals surface area (Å²) in [5.41, 5.74) is 1.20. The highest BCUT2D eigenvalue weighted by Gasteiger charge is 2.10. The molecule has 4 heteroatoms. The molecule has 0 saturated carbocycles. The highest BCUT2D eigenvalue weighted by atomic mass is 79.9. The van der Waals surface area contributed by atoms with E-state index in [0.717, 1.165) is 12.2 Å². The number of nitrogens with zero attached hydrogens (tertiary/aromatic N) is 2. The molecule has 1 unspecified atom stereocenters. The van der Waals surface area contributed by atoms with Crippen LogP contribution in [0.3, 0.4) is 0 Å². The number of ether oxygens (including phenoxy) is 1. The van der Waals surface area contributed by atoms with Crippen molar-refractivity contribution in [2.24, 2.45) is 0 Å². The maximum atomic E-state index is 5.83. The van der Waals surface area contributed by atoms with E-state index in [4.69, 9.17) is 4.74 Å². The molecule has 1 aromatic heterocycles. The number of benzene rings is 1. The van der Waals surface area contributed by atoms with Gasteiger partial charge in [-0.3, -0.25) is 0 Å². The standard InChI is InChI=1S/C14H15BrN2O/c1-3-10(2)11-6-4-5-7-12(11)18-14-8-13(15)16-9-17-14/h4-10H,3H2,1-2H3. The molecule has 0 aliphatic carbocycles. The molecular weight excluding hydrogens is 292 g/mol. The molecule has 2 rings (SSSR count). The summed E-state index contributed by atoms with van der Waals surface area (Å²) in [5.74, 6) is 1.87. The van der Waals surface area contributed by atoms with Crippen molar-refractivity contribution in [3.05, 3.63) is 46.8 Å². The third kappa shape index (κ3) is 3.07. The van der Waals surface area contributed by atoms with Gasteiger partial charge in [-0.15, -0.1) is 0 Å². The molecule has 0 saturated heterocycles. The third-order valence-electron chi connectivity index (χ3n) is 2.89. The monoisotopic (exact) mass is 306 g/mol. The summed E-state index contributed by atoms with van der Waals surface area (Å²) in [6, 6.07) is 9.83. The van der Waals surface area contributed by atoms with E-state index in [1.54, 1.807) is 6.07 Å². The molecule has 0 bridgehead atoms. The van der Waals surface area contributed by atoms with Crippen molar-refractivity contribution < 1.29 is 4.74 Å². The van der Waals surface area contributed by atoms with Gasteiger partial charge in [-0.25, -0.2) is 9.97 Å². The van der Waals surface area contributed by atoms with Crippen LogP contribution in [0.1, 0.15) is 31.7 Å². The highest BCUT2D eigenvalue weighted by Crippen LogP contribution is 2.31. The lowest BCUT2D eigenvalue weighted by Gasteiger charge is -2.14. The normalized spacial score (nSPS) is 12.2. The van der Waals surface area contributed by atoms with Crippen LogP contribution in [-0.4, -0.2) is 9.97 Å². The predicted octanol–water partition coefficient (Wildman–Crippen LogP) is 4.54. The van der Waals surface area contributed by atoms with Gasteiger partial charge in [0.25, 0.3) is 0 Å². The van der Waals surface area contributed by atoms with E-state index in [2.05, 4.69) is 45.8 Å². The lowest BCUT2D eigenvalue weighted by molar-refractivity contribution is 0.450. The minimum absolute atomic E-state index is 0.464. The van der Waals surface area contributed by atoms with Gasteiger partial charge in [0.05, 0.1) is 0 Å². The summed E-state index contributed by atoms with van der Waals surface area (Å²) in [6.07, 6.45) is 2.55. The summed E-state index contributed by atoms with van der Waals surface area (Å²) in [6.45, 7) is 4.36. The second-order valence-corrected chi connectivity index (χ2v) is 4.94. The van der Waals surface area contributed by atoms with E-state index in [1.807, 2.05) is 18.2 Å². The van der Waals surface area contributed by atoms with Crippen molar-refractivity contribution in [2.75, 3.05) is 0 Å². The topological polar surface area (TPSA) is 35.0 Å². The van der Waals surface area contributed by atoms with Gasteiger partial charge in [-0.2, -0.15) is 0 Å². The van der Waals surface area contributed by atoms with E-state index in [1.165, 1.54) is 11.9 Å². The Morgan fingerprint density at radius 2 is 2.06 bits per heavy atom. The average molecular weight is 307 g/mol. The van der Waals surface area contributed by atoms with Crippen LogP contribution in [0, 0.1) is 0 Å². The first kappa shape index (κ1) is 13.0. The molecule has 1 atom stereocenters. The largest absolute Gasteiger partial charge is 0.439 e. The number of halogens is 1. The Labute approximate surface area is 115 Å². The van der Waals surface area contributed by atoms with Gasteiger partial charge in [-0.1, -0.05) is 32.0 Å². The van der Waals surface area contributed by atoms with Crippen molar-refractivity contribution in [3.8, 4) is 11.6 Å². The molecule has 1 heterocycles. The molecule has 94 valence electrons. The fourth-order valence-electron chi connectivity index (χ4n) is 1.69. The fraction of sp³-hybridized carbons (Fsp3) is 0.286. The minimum atomic E-state index is 0.464. The van der Waals surface area contributed by atoms with Crippen LogP contribution < -0.4 is 4.74 Å². The van der Waals surface area contributed by atoms with Crippen molar-refractivity contribution in [1.82, 2.24) is 9.97 Å². The molecule has 1 aromatic carbocycles. The Hall–Kier alpha value is -1.42. The Morgan fingerprint density at radius 1 is 1.28 bits per heavy atom. The number of hydrogen-bond acceptors (Lipinski definition) is 3. The number of rotatable bonds is 4. The number of hydrogen-bond donors (Lipinski definition) is 0. The molecule has 0 radical (unpaired) electrons. The third-order valence-corrected chi connectivity index (χ3v) is 3.32. The SMILES string of the molecule is CCC(C)c1ccccc1Oc1cc(Br)ncn1. The summed E-state index contributed by atoms with van der Waals surface area (Å²) in [5, 5.41) is 0. The van der Waals surface area contributed by atoms with Crippen LogP contribution >= 0.6 is 15.9 Å². The molecule has 18 heavy (non-hydrogen) atoms. The molecular formula is C14H15BrN2O. The van der Waals surface area contributed by atoms with Crippen molar-refractivity contribution in [1.29, 1.82) is 0 Å². The quantitative estimate of drug-likeness (QED) is 0.778. The van der Waals surface area contributed by atoms with Crippen LogP contribution in [0.15, 0.2) is 41.3 Å². The second kappa shape index (κ2) is 5.96. The highest BCUT2D eigenvalue weighted by molar-refractivity contribution is 9.10. The van der Waals surface area contributed by atoms with Gasteiger partial charge in [-0.05, 0) is 39.9 Å². The summed E-state index contributed by atoms with van der Waals surface area (Å²) in [4.78, 5) is 8.08. The predicted molar refractivity (Wildman–Crippen MR) is 75.0 cm³/mol. The van der Waals surface area contributed by atoms with Crippen molar-refractivity contribution in [2.45, 2.75) is 26.2 Å². The fourth-order valence-corrected chi connectivity index (χ4v) is 1.97. The molecule has 0 N–H and O–H groups in total. The van der Waals surface area contributed by atoms with E-state index in [9.17, 15) is 0 Å². The number of aromatic nitrogens is 2. The van der Waals surface area contributed by atoms with Crippen molar-refractivity contribution in [3.63, 3.8) is 0 Å². The van der Waals surface area contributed by atoms with Gasteiger partial charge in [0.1, 0.15) is 16.7 Å². The Kier molecular flexibility index (Phi) is 4.31. The molecule has 0 aliphatic heterocycles. The molecule has 2 aromatic rings. The second-order valence-electron chi connectivity index (χ2n) is 4.13. The first-order valence-electron chi connectivity index (χ1n) is 5.95. The van der Waals surface area contributed by atoms with Crippen molar-refractivity contribution >= 4 is 15.9 Å². The maximum Gasteiger partial charge on any atom is 0.223 e. The van der Waals surface area contributed by atoms with E-state index < -0.39 is 0 Å². The zero-order valence-corrected chi connectivity index (χ0v) is 12.0. The molecule has 0 fully saturated rings. The zero-order chi connectivity index (χ0) is 13.0. The van der Waals surface area contributed by atoms with Gasteiger partial charge in [0.2, 0.25) is 5.88 Å². The van der Waals surface area contributed by atoms with E-state index in [-0.39, 0.29) is 0 Å². The lowest BCUT2D eigenvalue weighted by Crippen LogP contribution is -1.97. The Morgan fingerprint density at radius 3 is 2.78 bits per heavy atom. The Bertz CT molecular complexity index is 531. The van der Waals surface area contributed by atoms with Gasteiger partial charge >= 0.3 is 0 Å². The first-order chi connectivity index (χ1) is 8.70. The van der Waals surface area contributed by atoms with Crippen LogP contribution in [-0.2, 0) is 0 Å². The Balaban J connectivity index is 2.29. The minimum Gasteiger partial charge on any atom is -0.439 e. The summed E-state index contributed by atoms with van der Waals surface area (Å²) < 4.78 is 6.55. The van der Waals surface area contributed by atoms with Crippen LogP contribution in [0.5, 0.6) is 11.6 Å². The van der Waals surface area contributed by atoms with Gasteiger partial charge < -0.3 is 4.74 Å². The van der Waals surface area contributed by atoms with Crippen LogP contribution in [0.2, 0.25) is 0 Å². The average Bonchev–Trinajstić information content (AvgIpc) is 2.38. The van der Waals surface area contributed by atoms with E-state index in [0.29, 0.717) is 16.4 Å². The lowest BCUT2D eigenvalue weighted by atomic mass is 9.98. The molecule has 0 amide bonds. The maximum absolute atomic E-state index is 5.83. The molecule has 0 spiro atoms. The first-order valence-corrected chi connectivity index (χ1v) is 6.74. The van der Waals surface area contributed by atoms with E-state index >= 15 is 0 Å². The zero-order valence-electron chi connectivity index (χ0n) is 10.4. The van der Waals surface area contributed by atoms with Crippen LogP contribution in [0.25, 0.3) is 0 Å². The number of para-hydroxylation sites is 1. The van der Waals surface area contributed by atoms with Crippen LogP contribution in [0.4, 0.5) is 0 Å². The summed E-state index contributed by atoms with van der Waals surface area (Å²) in [7, 11) is 0. The molecule has 0 aliphatic rings. The molecule has 3 nitrogen and oxygen atoms in total. The van der Waals surface area contributed by atoms with Gasteiger partial charge in [0.15, 0.2) is 0 Å². The summed E-state index contributed by atoms with van der Waals surface area (Å²) >= 11 is 3.31. The smallest absolute Gasteiger partial charge is 0.223 e.